The van der Waals surface area contributed by atoms with Gasteiger partial charge in [0.2, 0.25) is 0 Å². The van der Waals surface area contributed by atoms with E-state index in [9.17, 15) is 19.2 Å². The molecule has 6 rings (SSSR count). The van der Waals surface area contributed by atoms with Gasteiger partial charge in [-0.25, -0.2) is 0 Å². The molecule has 46 heavy (non-hydrogen) atoms. The normalized spacial score (nSPS) is 11.1. The summed E-state index contributed by atoms with van der Waals surface area (Å²) in [6.45, 7) is 0. The first-order chi connectivity index (χ1) is 22.2. The zero-order valence-corrected chi connectivity index (χ0v) is 29.0. The number of nitrogens with zero attached hydrogens (tertiary/aromatic N) is 2. The SMILES string of the molecule is CNC(=O)c1c([Se][Se]c2c(C(=O)NC)c3cc(C(=O)c4ccccc4)ccc3n2C)n(C)c2ccc(C(=O)c3ccccc3)cc12. The second-order valence-electron chi connectivity index (χ2n) is 10.7. The number of amides is 2. The summed E-state index contributed by atoms with van der Waals surface area (Å²) in [7, 11) is 7.07. The fourth-order valence-electron chi connectivity index (χ4n) is 5.60. The Morgan fingerprint density at radius 2 is 0.891 bits per heavy atom. The number of benzene rings is 4. The summed E-state index contributed by atoms with van der Waals surface area (Å²) in [6.07, 6.45) is 0. The van der Waals surface area contributed by atoms with Crippen LogP contribution in [0.4, 0.5) is 0 Å². The van der Waals surface area contributed by atoms with Crippen LogP contribution in [0.2, 0.25) is 0 Å². The third kappa shape index (κ3) is 5.50. The van der Waals surface area contributed by atoms with Gasteiger partial charge in [-0.15, -0.1) is 0 Å². The number of hydrogen-bond acceptors (Lipinski definition) is 4. The summed E-state index contributed by atoms with van der Waals surface area (Å²) < 4.78 is 5.80. The Kier molecular flexibility index (Phi) is 8.80. The number of aromatic nitrogens is 2. The number of hydrogen-bond donors (Lipinski definition) is 2. The van der Waals surface area contributed by atoms with Crippen molar-refractivity contribution in [3.63, 3.8) is 0 Å². The predicted molar refractivity (Wildman–Crippen MR) is 183 cm³/mol. The Morgan fingerprint density at radius 1 is 0.522 bits per heavy atom. The Morgan fingerprint density at radius 3 is 1.24 bits per heavy atom. The zero-order valence-electron chi connectivity index (χ0n) is 25.6. The van der Waals surface area contributed by atoms with Gasteiger partial charge in [-0.1, -0.05) is 0 Å². The predicted octanol–water partition coefficient (Wildman–Crippen LogP) is 3.13. The van der Waals surface area contributed by atoms with E-state index < -0.39 is 0 Å². The first-order valence-electron chi connectivity index (χ1n) is 14.5. The zero-order chi connectivity index (χ0) is 32.5. The van der Waals surface area contributed by atoms with E-state index in [-0.39, 0.29) is 49.6 Å². The Hall–Kier alpha value is -4.72. The third-order valence-corrected chi connectivity index (χ3v) is 15.2. The molecule has 0 unspecified atom stereocenters. The number of rotatable bonds is 9. The number of nitrogens with one attached hydrogen (secondary N) is 2. The minimum atomic E-state index is -0.236. The van der Waals surface area contributed by atoms with Crippen LogP contribution >= 0.6 is 0 Å². The molecule has 0 aliphatic heterocycles. The van der Waals surface area contributed by atoms with Gasteiger partial charge >= 0.3 is 278 Å². The second kappa shape index (κ2) is 12.9. The molecule has 0 aliphatic carbocycles. The van der Waals surface area contributed by atoms with Crippen molar-refractivity contribution in [3.8, 4) is 0 Å². The molecular formula is C36H30N4O4Se2. The minimum absolute atomic E-state index is 0.110. The summed E-state index contributed by atoms with van der Waals surface area (Å²) in [5.74, 6) is -0.673. The Labute approximate surface area is 277 Å². The van der Waals surface area contributed by atoms with Gasteiger partial charge in [0, 0.05) is 0 Å². The molecule has 6 aromatic rings. The van der Waals surface area contributed by atoms with E-state index in [0.29, 0.717) is 44.2 Å². The van der Waals surface area contributed by atoms with Crippen molar-refractivity contribution in [3.05, 3.63) is 130 Å². The monoisotopic (exact) mass is 742 g/mol. The van der Waals surface area contributed by atoms with Crippen LogP contribution in [-0.2, 0) is 14.1 Å². The van der Waals surface area contributed by atoms with Gasteiger partial charge in [-0.2, -0.15) is 0 Å². The van der Waals surface area contributed by atoms with Crippen LogP contribution in [0.25, 0.3) is 21.8 Å². The first-order valence-corrected chi connectivity index (χ1v) is 20.5. The maximum atomic E-state index is 13.4. The quantitative estimate of drug-likeness (QED) is 0.176. The van der Waals surface area contributed by atoms with Crippen LogP contribution in [0.5, 0.6) is 0 Å². The van der Waals surface area contributed by atoms with Crippen molar-refractivity contribution in [2.24, 2.45) is 14.1 Å². The van der Waals surface area contributed by atoms with Gasteiger partial charge in [0.05, 0.1) is 0 Å². The summed E-state index contributed by atoms with van der Waals surface area (Å²) >= 11 is -0.473. The molecule has 0 saturated carbocycles. The molecule has 2 N–H and O–H groups in total. The first kappa shape index (κ1) is 31.3. The van der Waals surface area contributed by atoms with E-state index in [1.54, 1.807) is 62.6 Å². The van der Waals surface area contributed by atoms with Crippen molar-refractivity contribution in [1.29, 1.82) is 0 Å². The fraction of sp³-hybridized carbons (Fsp3) is 0.111. The third-order valence-electron chi connectivity index (χ3n) is 8.00. The van der Waals surface area contributed by atoms with Gasteiger partial charge in [-0.3, -0.25) is 0 Å². The second-order valence-corrected chi connectivity index (χ2v) is 16.6. The molecule has 2 heterocycles. The number of carbonyl (C=O) groups is 4. The number of carbonyl (C=O) groups excluding carboxylic acids is 4. The van der Waals surface area contributed by atoms with Crippen molar-refractivity contribution in [1.82, 2.24) is 19.8 Å². The molecule has 0 fully saturated rings. The van der Waals surface area contributed by atoms with Crippen molar-refractivity contribution >= 4 is 80.6 Å². The van der Waals surface area contributed by atoms with Crippen LogP contribution in [-0.4, -0.2) is 72.9 Å². The van der Waals surface area contributed by atoms with Crippen molar-refractivity contribution < 1.29 is 19.2 Å². The van der Waals surface area contributed by atoms with E-state index in [1.807, 2.05) is 71.8 Å². The van der Waals surface area contributed by atoms with E-state index in [0.717, 1.165) is 20.2 Å². The molecule has 4 aromatic carbocycles. The van der Waals surface area contributed by atoms with Crippen molar-refractivity contribution in [2.75, 3.05) is 14.1 Å². The van der Waals surface area contributed by atoms with Gasteiger partial charge in [0.15, 0.2) is 0 Å². The van der Waals surface area contributed by atoms with E-state index >= 15 is 0 Å². The standard InChI is InChI=1S/C36H30N4O4Se2/c1-37-33(43)29-25-19-23(31(41)21-11-7-5-8-12-21)15-17-27(25)39(3)35(29)45-46-36-30(34(44)38-2)26-20-24(16-18-28(26)40(36)4)32(42)22-13-9-6-10-14-22/h5-20H,1-4H3,(H,37,43)(H,38,44). The molecule has 0 atom stereocenters. The molecule has 0 saturated heterocycles. The molecule has 0 spiro atoms. The Balaban J connectivity index is 1.43. The van der Waals surface area contributed by atoms with Crippen LogP contribution in [0, 0.1) is 0 Å². The summed E-state index contributed by atoms with van der Waals surface area (Å²) in [6, 6.07) is 29.2. The van der Waals surface area contributed by atoms with Gasteiger partial charge in [0.1, 0.15) is 0 Å². The Bertz CT molecular complexity index is 2010. The number of aryl methyl sites for hydroxylation is 2. The van der Waals surface area contributed by atoms with Crippen LogP contribution in [0.1, 0.15) is 52.6 Å². The summed E-state index contributed by atoms with van der Waals surface area (Å²) in [4.78, 5) is 53.3. The van der Waals surface area contributed by atoms with E-state index in [2.05, 4.69) is 10.6 Å². The van der Waals surface area contributed by atoms with Gasteiger partial charge in [0.25, 0.3) is 0 Å². The number of ketones is 2. The van der Waals surface area contributed by atoms with Gasteiger partial charge in [-0.05, 0) is 0 Å². The molecule has 0 aliphatic rings. The molecule has 8 nitrogen and oxygen atoms in total. The van der Waals surface area contributed by atoms with Crippen LogP contribution in [0.15, 0.2) is 97.1 Å². The number of fused-ring (bicyclic) bond motifs is 2. The van der Waals surface area contributed by atoms with Gasteiger partial charge < -0.3 is 0 Å². The fourth-order valence-corrected chi connectivity index (χ4v) is 14.0. The average molecular weight is 741 g/mol. The molecule has 10 heteroatoms. The molecule has 0 radical (unpaired) electrons. The van der Waals surface area contributed by atoms with Crippen LogP contribution in [0.3, 0.4) is 0 Å². The maximum absolute atomic E-state index is 13.4. The van der Waals surface area contributed by atoms with Crippen LogP contribution < -0.4 is 19.8 Å². The average Bonchev–Trinajstić information content (AvgIpc) is 3.55. The summed E-state index contributed by atoms with van der Waals surface area (Å²) in [5.41, 5.74) is 4.97. The van der Waals surface area contributed by atoms with E-state index in [1.165, 1.54) is 0 Å². The molecule has 2 amide bonds. The summed E-state index contributed by atoms with van der Waals surface area (Å²) in [5, 5.41) is 7.00. The topological polar surface area (TPSA) is 102 Å². The van der Waals surface area contributed by atoms with E-state index in [4.69, 9.17) is 0 Å². The molecule has 2 aromatic heterocycles. The van der Waals surface area contributed by atoms with Crippen molar-refractivity contribution in [2.45, 2.75) is 0 Å². The molecular weight excluding hydrogens is 710 g/mol. The molecule has 0 bridgehead atoms. The molecule has 230 valence electrons.